The van der Waals surface area contributed by atoms with Gasteiger partial charge in [-0.25, -0.2) is 0 Å². The largest absolute Gasteiger partial charge is 0.385 e. The summed E-state index contributed by atoms with van der Waals surface area (Å²) >= 11 is 12.8. The predicted octanol–water partition coefficient (Wildman–Crippen LogP) is 6.61. The lowest BCUT2D eigenvalue weighted by molar-refractivity contribution is 0.0103. The predicted molar refractivity (Wildman–Crippen MR) is 157 cm³/mol. The molecule has 0 aromatic heterocycles. The Balaban J connectivity index is 1.54. The summed E-state index contributed by atoms with van der Waals surface area (Å²) < 4.78 is 0. The quantitative estimate of drug-likeness (QED) is 0.315. The number of aliphatic hydroxyl groups is 1. The van der Waals surface area contributed by atoms with Crippen molar-refractivity contribution in [2.24, 2.45) is 0 Å². The molecule has 1 heterocycles. The molecule has 1 saturated heterocycles. The highest BCUT2D eigenvalue weighted by atomic mass is 35.5. The Morgan fingerprint density at radius 2 is 1.82 bits per heavy atom. The number of β-amino-alcohol motifs (C(OH)–C–C–N with tert-alkyl or cyclic N) is 1. The molecular formula is C31H34Cl2N4O. The number of halogens is 2. The third-order valence-corrected chi connectivity index (χ3v) is 7.64. The van der Waals surface area contributed by atoms with Crippen LogP contribution in [0.3, 0.4) is 0 Å². The van der Waals surface area contributed by atoms with Crippen LogP contribution >= 0.6 is 23.2 Å². The molecule has 38 heavy (non-hydrogen) atoms. The molecule has 0 spiro atoms. The van der Waals surface area contributed by atoms with Gasteiger partial charge in [0.15, 0.2) is 0 Å². The highest BCUT2D eigenvalue weighted by molar-refractivity contribution is 6.33. The van der Waals surface area contributed by atoms with Crippen LogP contribution in [0.1, 0.15) is 48.6 Å². The zero-order chi connectivity index (χ0) is 27.3. The standard InChI is InChI=1S/C31H34Cl2N4O/c1-4-15-35-22(2)24-6-10-26(11-7-24)31(3,38)21-36-16-17-37(29-14-5-23(19-34)18-28(29)33)30(20-36)25-8-12-27(32)13-9-25/h5-14,18,30,35,38H,2,4,15-17,20-21H2,1,3H3/t30-,31+/m0/s1. The van der Waals surface area contributed by atoms with Crippen LogP contribution in [0.4, 0.5) is 5.69 Å². The van der Waals surface area contributed by atoms with Gasteiger partial charge in [-0.1, -0.05) is 73.1 Å². The molecule has 3 aromatic carbocycles. The SMILES string of the molecule is C=C(NCCC)c1ccc([C@](C)(O)CN2CCN(c3ccc(C#N)cc3Cl)[C@H](c3ccc(Cl)cc3)C2)cc1. The average molecular weight is 550 g/mol. The molecule has 0 saturated carbocycles. The van der Waals surface area contributed by atoms with E-state index in [2.05, 4.69) is 34.7 Å². The van der Waals surface area contributed by atoms with Crippen LogP contribution < -0.4 is 10.2 Å². The summed E-state index contributed by atoms with van der Waals surface area (Å²) in [5.41, 5.74) is 4.29. The van der Waals surface area contributed by atoms with Gasteiger partial charge in [-0.05, 0) is 60.4 Å². The van der Waals surface area contributed by atoms with Crippen LogP contribution in [-0.4, -0.2) is 42.7 Å². The summed E-state index contributed by atoms with van der Waals surface area (Å²) in [6.45, 7) is 11.7. The fraction of sp³-hybridized carbons (Fsp3) is 0.323. The summed E-state index contributed by atoms with van der Waals surface area (Å²) in [5, 5.41) is 25.3. The smallest absolute Gasteiger partial charge is 0.0994 e. The molecule has 1 aliphatic rings. The molecule has 0 bridgehead atoms. The van der Waals surface area contributed by atoms with Gasteiger partial charge in [0.05, 0.1) is 34.0 Å². The number of nitrogens with zero attached hydrogens (tertiary/aromatic N) is 3. The van der Waals surface area contributed by atoms with Gasteiger partial charge in [0.25, 0.3) is 0 Å². The molecule has 4 rings (SSSR count). The van der Waals surface area contributed by atoms with E-state index >= 15 is 0 Å². The van der Waals surface area contributed by atoms with Gasteiger partial charge in [0, 0.05) is 43.4 Å². The molecule has 5 nitrogen and oxygen atoms in total. The Bertz CT molecular complexity index is 1300. The Morgan fingerprint density at radius 1 is 1.11 bits per heavy atom. The fourth-order valence-electron chi connectivity index (χ4n) is 4.99. The summed E-state index contributed by atoms with van der Waals surface area (Å²) in [7, 11) is 0. The molecule has 0 radical (unpaired) electrons. The van der Waals surface area contributed by atoms with E-state index in [0.29, 0.717) is 28.7 Å². The first-order chi connectivity index (χ1) is 18.2. The minimum atomic E-state index is -1.03. The highest BCUT2D eigenvalue weighted by Gasteiger charge is 2.34. The van der Waals surface area contributed by atoms with E-state index in [0.717, 1.165) is 54.1 Å². The molecule has 7 heteroatoms. The van der Waals surface area contributed by atoms with Crippen LogP contribution in [0.5, 0.6) is 0 Å². The molecule has 2 N–H and O–H groups in total. The van der Waals surface area contributed by atoms with Crippen molar-refractivity contribution in [3.8, 4) is 6.07 Å². The van der Waals surface area contributed by atoms with Crippen molar-refractivity contribution in [2.75, 3.05) is 37.6 Å². The Labute approximate surface area is 235 Å². The molecule has 3 aromatic rings. The molecule has 0 unspecified atom stereocenters. The van der Waals surface area contributed by atoms with Crippen molar-refractivity contribution < 1.29 is 5.11 Å². The number of nitrogens with one attached hydrogen (secondary N) is 1. The van der Waals surface area contributed by atoms with Crippen LogP contribution in [0.2, 0.25) is 10.0 Å². The van der Waals surface area contributed by atoms with Crippen LogP contribution in [0.25, 0.3) is 5.70 Å². The second-order valence-corrected chi connectivity index (χ2v) is 10.9. The van der Waals surface area contributed by atoms with Gasteiger partial charge >= 0.3 is 0 Å². The van der Waals surface area contributed by atoms with Gasteiger partial charge < -0.3 is 15.3 Å². The summed E-state index contributed by atoms with van der Waals surface area (Å²) in [6, 6.07) is 23.4. The third-order valence-electron chi connectivity index (χ3n) is 7.08. The maximum atomic E-state index is 11.5. The number of hydrogen-bond acceptors (Lipinski definition) is 5. The molecule has 2 atom stereocenters. The average Bonchev–Trinajstić information content (AvgIpc) is 2.92. The number of piperazine rings is 1. The first kappa shape index (κ1) is 28.0. The first-order valence-electron chi connectivity index (χ1n) is 12.9. The second-order valence-electron chi connectivity index (χ2n) is 10.0. The number of benzene rings is 3. The van der Waals surface area contributed by atoms with E-state index in [1.807, 2.05) is 61.5 Å². The Hall–Kier alpha value is -3.01. The van der Waals surface area contributed by atoms with E-state index in [-0.39, 0.29) is 6.04 Å². The topological polar surface area (TPSA) is 62.5 Å². The third kappa shape index (κ3) is 6.51. The van der Waals surface area contributed by atoms with Crippen molar-refractivity contribution in [3.05, 3.63) is 106 Å². The summed E-state index contributed by atoms with van der Waals surface area (Å²) in [6.07, 6.45) is 1.04. The number of hydrogen-bond donors (Lipinski definition) is 2. The lowest BCUT2D eigenvalue weighted by Gasteiger charge is -2.45. The van der Waals surface area contributed by atoms with Gasteiger partial charge in [0.1, 0.15) is 0 Å². The molecule has 198 valence electrons. The van der Waals surface area contributed by atoms with E-state index < -0.39 is 5.60 Å². The summed E-state index contributed by atoms with van der Waals surface area (Å²) in [5.74, 6) is 0. The zero-order valence-electron chi connectivity index (χ0n) is 21.9. The monoisotopic (exact) mass is 548 g/mol. The van der Waals surface area contributed by atoms with Gasteiger partial charge in [-0.15, -0.1) is 0 Å². The first-order valence-corrected chi connectivity index (χ1v) is 13.7. The van der Waals surface area contributed by atoms with Gasteiger partial charge in [-0.3, -0.25) is 4.90 Å². The van der Waals surface area contributed by atoms with Crippen LogP contribution in [0.15, 0.2) is 73.3 Å². The van der Waals surface area contributed by atoms with E-state index in [4.69, 9.17) is 23.2 Å². The van der Waals surface area contributed by atoms with E-state index in [9.17, 15) is 10.4 Å². The minimum Gasteiger partial charge on any atom is -0.385 e. The zero-order valence-corrected chi connectivity index (χ0v) is 23.4. The van der Waals surface area contributed by atoms with Crippen LogP contribution in [0, 0.1) is 11.3 Å². The van der Waals surface area contributed by atoms with Gasteiger partial charge in [0.2, 0.25) is 0 Å². The molecule has 0 aliphatic carbocycles. The van der Waals surface area contributed by atoms with Crippen molar-refractivity contribution in [3.63, 3.8) is 0 Å². The number of rotatable bonds is 9. The normalized spacial score (nSPS) is 17.5. The Morgan fingerprint density at radius 3 is 2.45 bits per heavy atom. The van der Waals surface area contributed by atoms with Crippen LogP contribution in [-0.2, 0) is 5.60 Å². The molecular weight excluding hydrogens is 515 g/mol. The Kier molecular flexibility index (Phi) is 9.02. The fourth-order valence-corrected chi connectivity index (χ4v) is 5.40. The molecule has 1 aliphatic heterocycles. The number of anilines is 1. The van der Waals surface area contributed by atoms with Crippen molar-refractivity contribution in [2.45, 2.75) is 31.9 Å². The van der Waals surface area contributed by atoms with E-state index in [1.165, 1.54) is 0 Å². The van der Waals surface area contributed by atoms with Crippen molar-refractivity contribution in [1.82, 2.24) is 10.2 Å². The van der Waals surface area contributed by atoms with Crippen molar-refractivity contribution >= 4 is 34.6 Å². The number of nitriles is 1. The van der Waals surface area contributed by atoms with E-state index in [1.54, 1.807) is 12.1 Å². The lowest BCUT2D eigenvalue weighted by Crippen LogP contribution is -2.52. The highest BCUT2D eigenvalue weighted by Crippen LogP contribution is 2.37. The van der Waals surface area contributed by atoms with Gasteiger partial charge in [-0.2, -0.15) is 5.26 Å². The molecule has 1 fully saturated rings. The lowest BCUT2D eigenvalue weighted by atomic mass is 9.92. The minimum absolute atomic E-state index is 0.00223. The summed E-state index contributed by atoms with van der Waals surface area (Å²) in [4.78, 5) is 4.57. The second kappa shape index (κ2) is 12.2. The maximum Gasteiger partial charge on any atom is 0.0994 e. The maximum absolute atomic E-state index is 11.5. The van der Waals surface area contributed by atoms with Crippen molar-refractivity contribution in [1.29, 1.82) is 5.26 Å². The molecule has 0 amide bonds.